The molecule has 22 heavy (non-hydrogen) atoms. The van der Waals surface area contributed by atoms with E-state index in [0.29, 0.717) is 26.2 Å². The predicted octanol–water partition coefficient (Wildman–Crippen LogP) is 2.44. The normalized spacial score (nSPS) is 19.5. The summed E-state index contributed by atoms with van der Waals surface area (Å²) >= 11 is 0. The van der Waals surface area contributed by atoms with Crippen LogP contribution in [0.25, 0.3) is 0 Å². The Kier molecular flexibility index (Phi) is 4.57. The fraction of sp³-hybridized carbons (Fsp3) is 0.562. The van der Waals surface area contributed by atoms with E-state index >= 15 is 0 Å². The number of urea groups is 1. The monoisotopic (exact) mass is 309 g/mol. The second-order valence-corrected chi connectivity index (χ2v) is 6.04. The van der Waals surface area contributed by atoms with E-state index in [0.717, 1.165) is 12.8 Å². The minimum absolute atomic E-state index is 0.0523. The van der Waals surface area contributed by atoms with E-state index < -0.39 is 6.43 Å². The lowest BCUT2D eigenvalue weighted by atomic mass is 10.1. The Labute approximate surface area is 129 Å². The number of benzene rings is 1. The standard InChI is InChI=1S/C16H21F2N3O/c17-15(18)11-20-7-5-14(6-8-20)19-16(22)21-9-12-3-1-2-4-13(12)10-21/h1-4,14-15H,5-11H2,(H,19,22). The molecule has 0 aliphatic carbocycles. The Balaban J connectivity index is 1.46. The molecule has 0 radical (unpaired) electrons. The molecule has 0 aromatic heterocycles. The Morgan fingerprint density at radius 3 is 2.32 bits per heavy atom. The maximum Gasteiger partial charge on any atom is 0.318 e. The minimum Gasteiger partial charge on any atom is -0.335 e. The van der Waals surface area contributed by atoms with Gasteiger partial charge < -0.3 is 10.2 Å². The number of nitrogens with one attached hydrogen (secondary N) is 1. The minimum atomic E-state index is -2.28. The molecule has 0 saturated carbocycles. The van der Waals surface area contributed by atoms with E-state index in [4.69, 9.17) is 0 Å². The van der Waals surface area contributed by atoms with E-state index in [-0.39, 0.29) is 18.6 Å². The zero-order valence-corrected chi connectivity index (χ0v) is 12.5. The lowest BCUT2D eigenvalue weighted by molar-refractivity contribution is 0.0730. The quantitative estimate of drug-likeness (QED) is 0.931. The third kappa shape index (κ3) is 3.55. The summed E-state index contributed by atoms with van der Waals surface area (Å²) in [4.78, 5) is 15.9. The number of nitrogens with zero attached hydrogens (tertiary/aromatic N) is 2. The number of likely N-dealkylation sites (tertiary alicyclic amines) is 1. The second kappa shape index (κ2) is 6.60. The third-order valence-corrected chi connectivity index (χ3v) is 4.44. The molecule has 2 aliphatic heterocycles. The molecule has 0 unspecified atom stereocenters. The van der Waals surface area contributed by atoms with Crippen LogP contribution in [0.15, 0.2) is 24.3 Å². The first kappa shape index (κ1) is 15.2. The van der Waals surface area contributed by atoms with E-state index in [1.807, 2.05) is 24.3 Å². The van der Waals surface area contributed by atoms with Gasteiger partial charge in [-0.1, -0.05) is 24.3 Å². The molecular formula is C16H21F2N3O. The molecular weight excluding hydrogens is 288 g/mol. The van der Waals surface area contributed by atoms with Crippen LogP contribution in [-0.2, 0) is 13.1 Å². The molecule has 2 heterocycles. The number of alkyl halides is 2. The Morgan fingerprint density at radius 2 is 1.77 bits per heavy atom. The Hall–Kier alpha value is -1.69. The van der Waals surface area contributed by atoms with Crippen molar-refractivity contribution in [3.63, 3.8) is 0 Å². The van der Waals surface area contributed by atoms with Gasteiger partial charge in [0.25, 0.3) is 6.43 Å². The highest BCUT2D eigenvalue weighted by Crippen LogP contribution is 2.22. The molecule has 0 atom stereocenters. The summed E-state index contributed by atoms with van der Waals surface area (Å²) in [6.07, 6.45) is -0.812. The van der Waals surface area contributed by atoms with Crippen molar-refractivity contribution in [1.82, 2.24) is 15.1 Å². The molecule has 2 amide bonds. The van der Waals surface area contributed by atoms with Crippen molar-refractivity contribution in [2.45, 2.75) is 38.4 Å². The van der Waals surface area contributed by atoms with E-state index in [1.54, 1.807) is 9.80 Å². The number of carbonyl (C=O) groups is 1. The topological polar surface area (TPSA) is 35.6 Å². The van der Waals surface area contributed by atoms with Gasteiger partial charge in [0.2, 0.25) is 0 Å². The smallest absolute Gasteiger partial charge is 0.318 e. The highest BCUT2D eigenvalue weighted by atomic mass is 19.3. The number of hydrogen-bond acceptors (Lipinski definition) is 2. The zero-order chi connectivity index (χ0) is 15.5. The average molecular weight is 309 g/mol. The highest BCUT2D eigenvalue weighted by molar-refractivity contribution is 5.75. The van der Waals surface area contributed by atoms with Gasteiger partial charge in [-0.2, -0.15) is 0 Å². The van der Waals surface area contributed by atoms with Gasteiger partial charge in [0.15, 0.2) is 0 Å². The SMILES string of the molecule is O=C(NC1CCN(CC(F)F)CC1)N1Cc2ccccc2C1. The van der Waals surface area contributed by atoms with Crippen LogP contribution >= 0.6 is 0 Å². The van der Waals surface area contributed by atoms with Gasteiger partial charge in [0.1, 0.15) is 0 Å². The molecule has 2 aliphatic rings. The van der Waals surface area contributed by atoms with Crippen LogP contribution in [0.4, 0.5) is 13.6 Å². The van der Waals surface area contributed by atoms with Crippen molar-refractivity contribution in [3.05, 3.63) is 35.4 Å². The molecule has 120 valence electrons. The van der Waals surface area contributed by atoms with Gasteiger partial charge in [-0.05, 0) is 24.0 Å². The summed E-state index contributed by atoms with van der Waals surface area (Å²) in [5, 5.41) is 3.04. The highest BCUT2D eigenvalue weighted by Gasteiger charge is 2.27. The number of carbonyl (C=O) groups excluding carboxylic acids is 1. The molecule has 6 heteroatoms. The number of rotatable bonds is 3. The first-order valence-corrected chi connectivity index (χ1v) is 7.74. The molecule has 4 nitrogen and oxygen atoms in total. The number of fused-ring (bicyclic) bond motifs is 1. The molecule has 1 saturated heterocycles. The molecule has 1 aromatic rings. The zero-order valence-electron chi connectivity index (χ0n) is 12.5. The summed E-state index contributed by atoms with van der Waals surface area (Å²) in [6.45, 7) is 2.37. The van der Waals surface area contributed by atoms with Gasteiger partial charge in [-0.3, -0.25) is 4.90 Å². The third-order valence-electron chi connectivity index (χ3n) is 4.44. The van der Waals surface area contributed by atoms with Gasteiger partial charge in [-0.25, -0.2) is 13.6 Å². The summed E-state index contributed by atoms with van der Waals surface area (Å²) < 4.78 is 24.7. The Morgan fingerprint density at radius 1 is 1.18 bits per heavy atom. The van der Waals surface area contributed by atoms with Gasteiger partial charge in [0.05, 0.1) is 6.54 Å². The van der Waals surface area contributed by atoms with Crippen molar-refractivity contribution in [2.75, 3.05) is 19.6 Å². The molecule has 3 rings (SSSR count). The van der Waals surface area contributed by atoms with Crippen LogP contribution < -0.4 is 5.32 Å². The van der Waals surface area contributed by atoms with E-state index in [2.05, 4.69) is 5.32 Å². The van der Waals surface area contributed by atoms with Gasteiger partial charge in [-0.15, -0.1) is 0 Å². The summed E-state index contributed by atoms with van der Waals surface area (Å²) in [7, 11) is 0. The van der Waals surface area contributed by atoms with E-state index in [9.17, 15) is 13.6 Å². The molecule has 0 bridgehead atoms. The summed E-state index contributed by atoms with van der Waals surface area (Å²) in [5.74, 6) is 0. The van der Waals surface area contributed by atoms with Crippen molar-refractivity contribution < 1.29 is 13.6 Å². The van der Waals surface area contributed by atoms with Crippen LogP contribution in [0, 0.1) is 0 Å². The first-order chi connectivity index (χ1) is 10.6. The van der Waals surface area contributed by atoms with Crippen LogP contribution in [0.3, 0.4) is 0 Å². The maximum atomic E-state index is 12.3. The lowest BCUT2D eigenvalue weighted by Crippen LogP contribution is -2.48. The van der Waals surface area contributed by atoms with Crippen molar-refractivity contribution in [2.24, 2.45) is 0 Å². The molecule has 1 N–H and O–H groups in total. The van der Waals surface area contributed by atoms with Crippen LogP contribution in [0.5, 0.6) is 0 Å². The number of hydrogen-bond donors (Lipinski definition) is 1. The van der Waals surface area contributed by atoms with Crippen molar-refractivity contribution >= 4 is 6.03 Å². The lowest BCUT2D eigenvalue weighted by Gasteiger charge is -2.32. The van der Waals surface area contributed by atoms with Crippen molar-refractivity contribution in [3.8, 4) is 0 Å². The van der Waals surface area contributed by atoms with Gasteiger partial charge in [0, 0.05) is 32.2 Å². The fourth-order valence-electron chi connectivity index (χ4n) is 3.20. The maximum absolute atomic E-state index is 12.3. The summed E-state index contributed by atoms with van der Waals surface area (Å²) in [5.41, 5.74) is 2.40. The molecule has 1 fully saturated rings. The first-order valence-electron chi connectivity index (χ1n) is 7.74. The molecule has 0 spiro atoms. The van der Waals surface area contributed by atoms with Crippen LogP contribution in [0.1, 0.15) is 24.0 Å². The van der Waals surface area contributed by atoms with Crippen LogP contribution in [-0.4, -0.2) is 47.9 Å². The molecule has 1 aromatic carbocycles. The van der Waals surface area contributed by atoms with E-state index in [1.165, 1.54) is 11.1 Å². The summed E-state index contributed by atoms with van der Waals surface area (Å²) in [6, 6.07) is 8.10. The van der Waals surface area contributed by atoms with Gasteiger partial charge >= 0.3 is 6.03 Å². The largest absolute Gasteiger partial charge is 0.335 e. The number of piperidine rings is 1. The number of halogens is 2. The average Bonchev–Trinajstić information content (AvgIpc) is 2.93. The van der Waals surface area contributed by atoms with Crippen molar-refractivity contribution in [1.29, 1.82) is 0 Å². The van der Waals surface area contributed by atoms with Crippen LogP contribution in [0.2, 0.25) is 0 Å². The Bertz CT molecular complexity index is 505. The second-order valence-electron chi connectivity index (χ2n) is 6.04. The predicted molar refractivity (Wildman–Crippen MR) is 79.7 cm³/mol. The fourth-order valence-corrected chi connectivity index (χ4v) is 3.20. The number of amides is 2.